The third kappa shape index (κ3) is 5.40. The van der Waals surface area contributed by atoms with Crippen molar-refractivity contribution in [2.24, 2.45) is 11.8 Å². The van der Waals surface area contributed by atoms with E-state index >= 15 is 0 Å². The minimum Gasteiger partial charge on any atom is -0.413 e. The standard InChI is InChI=1S/C20H34OSi/c1-16(2)19(21-22(7,8)20(4,5)6)17(3)14-15-18-12-10-9-11-13-18/h9-17,19H,1-8H3/b15-14+/t17-,19+/m0/s1. The molecule has 2 heteroatoms. The van der Waals surface area contributed by atoms with Crippen LogP contribution in [0, 0.1) is 11.8 Å². The first-order valence-electron chi connectivity index (χ1n) is 8.45. The second kappa shape index (κ2) is 7.61. The van der Waals surface area contributed by atoms with Gasteiger partial charge in [0.2, 0.25) is 0 Å². The van der Waals surface area contributed by atoms with Gasteiger partial charge in [0.25, 0.3) is 0 Å². The molecule has 0 saturated carbocycles. The Labute approximate surface area is 138 Å². The van der Waals surface area contributed by atoms with Crippen molar-refractivity contribution in [3.8, 4) is 0 Å². The Balaban J connectivity index is 2.85. The summed E-state index contributed by atoms with van der Waals surface area (Å²) in [7, 11) is -1.74. The number of hydrogen-bond acceptors (Lipinski definition) is 1. The van der Waals surface area contributed by atoms with Crippen LogP contribution in [0.2, 0.25) is 18.1 Å². The van der Waals surface area contributed by atoms with Crippen LogP contribution in [0.4, 0.5) is 0 Å². The summed E-state index contributed by atoms with van der Waals surface area (Å²) in [5.41, 5.74) is 1.25. The zero-order chi connectivity index (χ0) is 17.0. The van der Waals surface area contributed by atoms with Crippen LogP contribution in [-0.2, 0) is 4.43 Å². The molecule has 0 radical (unpaired) electrons. The third-order valence-corrected chi connectivity index (χ3v) is 9.28. The predicted octanol–water partition coefficient (Wildman–Crippen LogP) is 6.38. The highest BCUT2D eigenvalue weighted by atomic mass is 28.4. The predicted molar refractivity (Wildman–Crippen MR) is 102 cm³/mol. The van der Waals surface area contributed by atoms with E-state index in [0.717, 1.165) is 0 Å². The van der Waals surface area contributed by atoms with E-state index < -0.39 is 8.32 Å². The zero-order valence-electron chi connectivity index (χ0n) is 15.7. The van der Waals surface area contributed by atoms with Crippen molar-refractivity contribution in [1.29, 1.82) is 0 Å². The highest BCUT2D eigenvalue weighted by Gasteiger charge is 2.40. The molecule has 1 rings (SSSR count). The van der Waals surface area contributed by atoms with Gasteiger partial charge < -0.3 is 4.43 Å². The van der Waals surface area contributed by atoms with Gasteiger partial charge in [-0.3, -0.25) is 0 Å². The van der Waals surface area contributed by atoms with Gasteiger partial charge in [-0.1, -0.05) is 84.0 Å². The number of benzene rings is 1. The summed E-state index contributed by atoms with van der Waals surface area (Å²) in [5.74, 6) is 0.930. The van der Waals surface area contributed by atoms with Crippen LogP contribution in [-0.4, -0.2) is 14.4 Å². The first-order valence-corrected chi connectivity index (χ1v) is 11.4. The molecule has 0 heterocycles. The number of hydrogen-bond donors (Lipinski definition) is 0. The summed E-state index contributed by atoms with van der Waals surface area (Å²) < 4.78 is 6.70. The summed E-state index contributed by atoms with van der Waals surface area (Å²) in [5, 5.41) is 0.253. The van der Waals surface area contributed by atoms with Crippen LogP contribution < -0.4 is 0 Å². The summed E-state index contributed by atoms with van der Waals surface area (Å²) in [6.07, 6.45) is 4.79. The van der Waals surface area contributed by atoms with E-state index in [1.807, 2.05) is 0 Å². The highest BCUT2D eigenvalue weighted by Crippen LogP contribution is 2.39. The topological polar surface area (TPSA) is 9.23 Å². The van der Waals surface area contributed by atoms with E-state index in [-0.39, 0.29) is 11.1 Å². The van der Waals surface area contributed by atoms with Gasteiger partial charge in [0.05, 0.1) is 6.10 Å². The first-order chi connectivity index (χ1) is 10.0. The van der Waals surface area contributed by atoms with Crippen LogP contribution in [0.3, 0.4) is 0 Å². The average Bonchev–Trinajstić information content (AvgIpc) is 2.42. The largest absolute Gasteiger partial charge is 0.413 e. The van der Waals surface area contributed by atoms with Gasteiger partial charge in [0.1, 0.15) is 0 Å². The van der Waals surface area contributed by atoms with E-state index in [4.69, 9.17) is 4.43 Å². The lowest BCUT2D eigenvalue weighted by molar-refractivity contribution is 0.101. The number of rotatable bonds is 6. The monoisotopic (exact) mass is 318 g/mol. The Kier molecular flexibility index (Phi) is 6.63. The first kappa shape index (κ1) is 19.2. The lowest BCUT2D eigenvalue weighted by Gasteiger charge is -2.42. The zero-order valence-corrected chi connectivity index (χ0v) is 16.7. The van der Waals surface area contributed by atoms with Crippen molar-refractivity contribution >= 4 is 14.4 Å². The Bertz CT molecular complexity index is 468. The maximum atomic E-state index is 6.70. The molecule has 0 bridgehead atoms. The maximum Gasteiger partial charge on any atom is 0.192 e. The fraction of sp³-hybridized carbons (Fsp3) is 0.600. The average molecular weight is 319 g/mol. The second-order valence-electron chi connectivity index (χ2n) is 8.22. The summed E-state index contributed by atoms with van der Waals surface area (Å²) >= 11 is 0. The molecule has 0 unspecified atom stereocenters. The van der Waals surface area contributed by atoms with Crippen molar-refractivity contribution in [3.05, 3.63) is 42.0 Å². The second-order valence-corrected chi connectivity index (χ2v) is 13.0. The summed E-state index contributed by atoms with van der Waals surface area (Å²) in [6, 6.07) is 10.5. The lowest BCUT2D eigenvalue weighted by Crippen LogP contribution is -2.46. The van der Waals surface area contributed by atoms with E-state index in [1.54, 1.807) is 0 Å². The van der Waals surface area contributed by atoms with Crippen LogP contribution in [0.1, 0.15) is 47.1 Å². The Morgan fingerprint density at radius 2 is 1.55 bits per heavy atom. The molecule has 0 saturated heterocycles. The quantitative estimate of drug-likeness (QED) is 0.553. The van der Waals surface area contributed by atoms with Gasteiger partial charge in [-0.05, 0) is 35.5 Å². The molecule has 1 aromatic carbocycles. The molecule has 0 aliphatic carbocycles. The molecular formula is C20H34OSi. The van der Waals surface area contributed by atoms with Crippen molar-refractivity contribution in [3.63, 3.8) is 0 Å². The molecule has 0 aliphatic heterocycles. The molecule has 0 aromatic heterocycles. The summed E-state index contributed by atoms with van der Waals surface area (Å²) in [6.45, 7) is 18.4. The van der Waals surface area contributed by atoms with Crippen LogP contribution in [0.15, 0.2) is 36.4 Å². The fourth-order valence-electron chi connectivity index (χ4n) is 2.30. The smallest absolute Gasteiger partial charge is 0.192 e. The fourth-order valence-corrected chi connectivity index (χ4v) is 3.82. The molecule has 0 spiro atoms. The maximum absolute atomic E-state index is 6.70. The van der Waals surface area contributed by atoms with Crippen molar-refractivity contribution in [2.75, 3.05) is 0 Å². The molecule has 124 valence electrons. The molecule has 1 nitrogen and oxygen atoms in total. The highest BCUT2D eigenvalue weighted by molar-refractivity contribution is 6.74. The SMILES string of the molecule is CC(C)[C@@H](O[Si](C)(C)C(C)(C)C)[C@@H](C)/C=C/c1ccccc1. The van der Waals surface area contributed by atoms with E-state index in [2.05, 4.69) is 97.1 Å². The molecular weight excluding hydrogens is 284 g/mol. The van der Waals surface area contributed by atoms with Crippen LogP contribution in [0.5, 0.6) is 0 Å². The third-order valence-electron chi connectivity index (χ3n) is 4.80. The van der Waals surface area contributed by atoms with Gasteiger partial charge in [-0.25, -0.2) is 0 Å². The molecule has 0 fully saturated rings. The van der Waals surface area contributed by atoms with E-state index in [0.29, 0.717) is 11.8 Å². The van der Waals surface area contributed by atoms with Gasteiger partial charge in [-0.15, -0.1) is 0 Å². The van der Waals surface area contributed by atoms with Crippen LogP contribution in [0.25, 0.3) is 6.08 Å². The van der Waals surface area contributed by atoms with Crippen molar-refractivity contribution in [1.82, 2.24) is 0 Å². The Morgan fingerprint density at radius 1 is 1.00 bits per heavy atom. The Hall–Kier alpha value is -0.863. The van der Waals surface area contributed by atoms with Gasteiger partial charge in [0, 0.05) is 0 Å². The lowest BCUT2D eigenvalue weighted by atomic mass is 9.94. The molecule has 0 aliphatic rings. The molecule has 0 amide bonds. The van der Waals surface area contributed by atoms with Gasteiger partial charge in [0.15, 0.2) is 8.32 Å². The molecule has 2 atom stereocenters. The van der Waals surface area contributed by atoms with E-state index in [9.17, 15) is 0 Å². The van der Waals surface area contributed by atoms with Crippen LogP contribution >= 0.6 is 0 Å². The molecule has 22 heavy (non-hydrogen) atoms. The Morgan fingerprint density at radius 3 is 2.00 bits per heavy atom. The summed E-state index contributed by atoms with van der Waals surface area (Å²) in [4.78, 5) is 0. The van der Waals surface area contributed by atoms with Crippen molar-refractivity contribution in [2.45, 2.75) is 65.8 Å². The minimum absolute atomic E-state index is 0.253. The normalized spacial score (nSPS) is 16.2. The van der Waals surface area contributed by atoms with E-state index in [1.165, 1.54) is 5.56 Å². The minimum atomic E-state index is -1.74. The molecule has 0 N–H and O–H groups in total. The molecule has 1 aromatic rings. The van der Waals surface area contributed by atoms with Gasteiger partial charge in [-0.2, -0.15) is 0 Å². The van der Waals surface area contributed by atoms with Gasteiger partial charge >= 0.3 is 0 Å². The van der Waals surface area contributed by atoms with Crippen molar-refractivity contribution < 1.29 is 4.43 Å².